The number of ether oxygens (including phenoxy) is 2. The van der Waals surface area contributed by atoms with Crippen molar-refractivity contribution in [3.8, 4) is 11.5 Å². The fourth-order valence-electron chi connectivity index (χ4n) is 4.07. The lowest BCUT2D eigenvalue weighted by Gasteiger charge is -2.32. The van der Waals surface area contributed by atoms with Gasteiger partial charge in [-0.2, -0.15) is 0 Å². The average molecular weight is 665 g/mol. The van der Waals surface area contributed by atoms with E-state index in [0.717, 1.165) is 26.5 Å². The Morgan fingerprint density at radius 3 is 2.14 bits per heavy atom. The van der Waals surface area contributed by atoms with Crippen molar-refractivity contribution in [3.05, 3.63) is 82.6 Å². The second-order valence-corrected chi connectivity index (χ2v) is 12.4. The molecule has 0 bridgehead atoms. The molecule has 2 amide bonds. The Labute approximate surface area is 254 Å². The summed E-state index contributed by atoms with van der Waals surface area (Å²) in [6.07, 6.45) is 0.695. The van der Waals surface area contributed by atoms with Crippen LogP contribution >= 0.6 is 15.9 Å². The number of amides is 2. The number of carbonyl (C=O) groups excluding carboxylic acids is 2. The SMILES string of the molecule is CC[C@@H](C)NC(=O)[C@H](C)N(Cc1ccc(Br)cc1)C(=O)CN(c1ccc(F)cc1)S(=O)(=O)c1ccc(OC)c(OC)c1. The van der Waals surface area contributed by atoms with Crippen LogP contribution in [0.3, 0.4) is 0 Å². The van der Waals surface area contributed by atoms with Crippen LogP contribution in [0.5, 0.6) is 11.5 Å². The number of hydrogen-bond acceptors (Lipinski definition) is 6. The van der Waals surface area contributed by atoms with E-state index in [1.807, 2.05) is 38.1 Å². The van der Waals surface area contributed by atoms with Crippen molar-refractivity contribution in [2.75, 3.05) is 25.1 Å². The molecule has 0 aliphatic heterocycles. The number of rotatable bonds is 13. The van der Waals surface area contributed by atoms with Crippen molar-refractivity contribution in [1.29, 1.82) is 0 Å². The first-order chi connectivity index (χ1) is 19.9. The molecule has 3 aromatic rings. The zero-order valence-corrected chi connectivity index (χ0v) is 26.5. The third-order valence-corrected chi connectivity index (χ3v) is 9.07. The van der Waals surface area contributed by atoms with Gasteiger partial charge in [0.1, 0.15) is 18.4 Å². The lowest BCUT2D eigenvalue weighted by molar-refractivity contribution is -0.139. The molecule has 1 N–H and O–H groups in total. The highest BCUT2D eigenvalue weighted by Crippen LogP contribution is 2.32. The van der Waals surface area contributed by atoms with Crippen LogP contribution in [0, 0.1) is 5.82 Å². The van der Waals surface area contributed by atoms with Gasteiger partial charge in [-0.05, 0) is 74.4 Å². The van der Waals surface area contributed by atoms with Crippen molar-refractivity contribution < 1.29 is 31.9 Å². The first-order valence-corrected chi connectivity index (χ1v) is 15.5. The summed E-state index contributed by atoms with van der Waals surface area (Å²) < 4.78 is 54.1. The third-order valence-electron chi connectivity index (χ3n) is 6.77. The van der Waals surface area contributed by atoms with Crippen molar-refractivity contribution >= 4 is 43.5 Å². The predicted molar refractivity (Wildman–Crippen MR) is 163 cm³/mol. The van der Waals surface area contributed by atoms with Gasteiger partial charge in [0, 0.05) is 23.1 Å². The zero-order chi connectivity index (χ0) is 31.0. The lowest BCUT2D eigenvalue weighted by atomic mass is 10.1. The van der Waals surface area contributed by atoms with Gasteiger partial charge in [0.15, 0.2) is 11.5 Å². The molecule has 0 spiro atoms. The fraction of sp³-hybridized carbons (Fsp3) is 0.333. The Bertz CT molecular complexity index is 1490. The average Bonchev–Trinajstić information content (AvgIpc) is 2.98. The van der Waals surface area contributed by atoms with Gasteiger partial charge in [0.05, 0.1) is 24.8 Å². The summed E-state index contributed by atoms with van der Waals surface area (Å²) in [6.45, 7) is 4.78. The topological polar surface area (TPSA) is 105 Å². The quantitative estimate of drug-likeness (QED) is 0.272. The molecule has 42 heavy (non-hydrogen) atoms. The van der Waals surface area contributed by atoms with Crippen LogP contribution in [0.1, 0.15) is 32.8 Å². The smallest absolute Gasteiger partial charge is 0.264 e. The van der Waals surface area contributed by atoms with E-state index in [1.165, 1.54) is 49.5 Å². The van der Waals surface area contributed by atoms with E-state index >= 15 is 0 Å². The molecule has 226 valence electrons. The lowest BCUT2D eigenvalue weighted by Crippen LogP contribution is -2.52. The van der Waals surface area contributed by atoms with E-state index in [1.54, 1.807) is 6.92 Å². The molecule has 12 heteroatoms. The summed E-state index contributed by atoms with van der Waals surface area (Å²) in [5.74, 6) is -1.07. The summed E-state index contributed by atoms with van der Waals surface area (Å²) in [7, 11) is -1.58. The number of halogens is 2. The van der Waals surface area contributed by atoms with E-state index in [4.69, 9.17) is 9.47 Å². The number of carbonyl (C=O) groups is 2. The van der Waals surface area contributed by atoms with Gasteiger partial charge in [-0.1, -0.05) is 35.0 Å². The van der Waals surface area contributed by atoms with Crippen molar-refractivity contribution in [2.45, 2.75) is 50.7 Å². The summed E-state index contributed by atoms with van der Waals surface area (Å²) >= 11 is 3.39. The standard InChI is InChI=1S/C30H35BrFN3O6S/c1-6-20(2)33-30(37)21(3)34(18-22-7-9-23(31)10-8-22)29(36)19-35(25-13-11-24(32)12-14-25)42(38,39)26-15-16-27(40-4)28(17-26)41-5/h7-17,20-21H,6,18-19H2,1-5H3,(H,33,37)/t20-,21+/m1/s1. The number of hydrogen-bond donors (Lipinski definition) is 1. The van der Waals surface area contributed by atoms with E-state index in [9.17, 15) is 22.4 Å². The maximum Gasteiger partial charge on any atom is 0.264 e. The Kier molecular flexibility index (Phi) is 11.3. The van der Waals surface area contributed by atoms with Gasteiger partial charge in [-0.3, -0.25) is 13.9 Å². The normalized spacial score (nSPS) is 12.6. The molecule has 0 saturated heterocycles. The van der Waals surface area contributed by atoms with Gasteiger partial charge in [0.25, 0.3) is 10.0 Å². The molecule has 0 radical (unpaired) electrons. The molecule has 0 heterocycles. The zero-order valence-electron chi connectivity index (χ0n) is 24.1. The van der Waals surface area contributed by atoms with Crippen molar-refractivity contribution in [2.24, 2.45) is 0 Å². The highest BCUT2D eigenvalue weighted by atomic mass is 79.9. The van der Waals surface area contributed by atoms with E-state index in [2.05, 4.69) is 21.2 Å². The number of anilines is 1. The van der Waals surface area contributed by atoms with Crippen LogP contribution in [-0.4, -0.2) is 58.0 Å². The Balaban J connectivity index is 2.06. The number of nitrogens with zero attached hydrogens (tertiary/aromatic N) is 2. The first-order valence-electron chi connectivity index (χ1n) is 13.3. The van der Waals surface area contributed by atoms with Gasteiger partial charge in [-0.15, -0.1) is 0 Å². The molecule has 3 rings (SSSR count). The third kappa shape index (κ3) is 8.01. The molecular weight excluding hydrogens is 629 g/mol. The molecular formula is C30H35BrFN3O6S. The van der Waals surface area contributed by atoms with E-state index in [0.29, 0.717) is 12.2 Å². The number of methoxy groups -OCH3 is 2. The molecule has 0 unspecified atom stereocenters. The van der Waals surface area contributed by atoms with E-state index < -0.39 is 34.3 Å². The van der Waals surface area contributed by atoms with Crippen molar-refractivity contribution in [3.63, 3.8) is 0 Å². The van der Waals surface area contributed by atoms with Crippen LogP contribution < -0.4 is 19.1 Å². The first kappa shape index (κ1) is 32.9. The second-order valence-electron chi connectivity index (χ2n) is 9.65. The van der Waals surface area contributed by atoms with Gasteiger partial charge >= 0.3 is 0 Å². The molecule has 9 nitrogen and oxygen atoms in total. The minimum absolute atomic E-state index is 0.0505. The second kappa shape index (κ2) is 14.5. The van der Waals surface area contributed by atoms with Crippen LogP contribution in [0.15, 0.2) is 76.1 Å². The highest BCUT2D eigenvalue weighted by molar-refractivity contribution is 9.10. The molecule has 2 atom stereocenters. The molecule has 0 aromatic heterocycles. The van der Waals surface area contributed by atoms with Gasteiger partial charge in [-0.25, -0.2) is 12.8 Å². The summed E-state index contributed by atoms with van der Waals surface area (Å²) in [4.78, 5) is 28.3. The van der Waals surface area contributed by atoms with Crippen LogP contribution in [0.2, 0.25) is 0 Å². The summed E-state index contributed by atoms with van der Waals surface area (Å²) in [5, 5.41) is 2.89. The highest BCUT2D eigenvalue weighted by Gasteiger charge is 2.33. The maximum atomic E-state index is 14.0. The largest absolute Gasteiger partial charge is 0.493 e. The number of sulfonamides is 1. The molecule has 0 fully saturated rings. The Morgan fingerprint density at radius 1 is 0.952 bits per heavy atom. The van der Waals surface area contributed by atoms with Gasteiger partial charge < -0.3 is 19.7 Å². The maximum absolute atomic E-state index is 14.0. The fourth-order valence-corrected chi connectivity index (χ4v) is 5.77. The van der Waals surface area contributed by atoms with Crippen LogP contribution in [0.25, 0.3) is 0 Å². The number of nitrogens with one attached hydrogen (secondary N) is 1. The monoisotopic (exact) mass is 663 g/mol. The summed E-state index contributed by atoms with van der Waals surface area (Å²) in [6, 6.07) is 15.0. The minimum atomic E-state index is -4.38. The molecule has 0 saturated carbocycles. The Hall–Kier alpha value is -3.64. The van der Waals surface area contributed by atoms with Crippen LogP contribution in [0.4, 0.5) is 10.1 Å². The van der Waals surface area contributed by atoms with Crippen LogP contribution in [-0.2, 0) is 26.2 Å². The van der Waals surface area contributed by atoms with Crippen molar-refractivity contribution in [1.82, 2.24) is 10.2 Å². The minimum Gasteiger partial charge on any atom is -0.493 e. The van der Waals surface area contributed by atoms with Gasteiger partial charge in [0.2, 0.25) is 11.8 Å². The van der Waals surface area contributed by atoms with E-state index in [-0.39, 0.29) is 34.8 Å². The molecule has 0 aliphatic rings. The molecule has 3 aromatic carbocycles. The predicted octanol–water partition coefficient (Wildman–Crippen LogP) is 5.13. The molecule has 0 aliphatic carbocycles. The summed E-state index contributed by atoms with van der Waals surface area (Å²) in [5.41, 5.74) is 0.811. The number of benzene rings is 3. The Morgan fingerprint density at radius 2 is 1.57 bits per heavy atom.